The predicted molar refractivity (Wildman–Crippen MR) is 75.5 cm³/mol. The quantitative estimate of drug-likeness (QED) is 0.534. The van der Waals surface area contributed by atoms with Gasteiger partial charge in [-0.15, -0.1) is 0 Å². The molecule has 0 amide bonds. The van der Waals surface area contributed by atoms with Crippen molar-refractivity contribution in [1.29, 1.82) is 0 Å². The van der Waals surface area contributed by atoms with Crippen molar-refractivity contribution in [2.24, 2.45) is 0 Å². The van der Waals surface area contributed by atoms with Gasteiger partial charge in [0, 0.05) is 27.4 Å². The van der Waals surface area contributed by atoms with Crippen molar-refractivity contribution in [2.45, 2.75) is 18.9 Å². The zero-order valence-corrected chi connectivity index (χ0v) is 12.4. The molecule has 0 saturated carbocycles. The first-order chi connectivity index (χ1) is 8.65. The standard InChI is InChI=1S/C14H22O3Si/c1-13(12-14-8-6-5-7-9-14)10-11-18(15-2,16-3)17-4/h5-9H,1,10-12H2,2-4H3. The molecule has 0 N–H and O–H groups in total. The molecule has 0 aliphatic heterocycles. The van der Waals surface area contributed by atoms with Gasteiger partial charge in [0.2, 0.25) is 0 Å². The van der Waals surface area contributed by atoms with E-state index in [1.807, 2.05) is 18.2 Å². The fourth-order valence-corrected chi connectivity index (χ4v) is 3.63. The van der Waals surface area contributed by atoms with Crippen molar-refractivity contribution in [2.75, 3.05) is 21.3 Å². The minimum atomic E-state index is -2.46. The normalized spacial score (nSPS) is 11.5. The fourth-order valence-electron chi connectivity index (χ4n) is 1.86. The van der Waals surface area contributed by atoms with Crippen molar-refractivity contribution in [3.05, 3.63) is 48.0 Å². The topological polar surface area (TPSA) is 27.7 Å². The fraction of sp³-hybridized carbons (Fsp3) is 0.429. The van der Waals surface area contributed by atoms with Crippen LogP contribution in [-0.2, 0) is 19.7 Å². The average Bonchev–Trinajstić information content (AvgIpc) is 2.42. The maximum Gasteiger partial charge on any atom is 0.500 e. The molecule has 1 rings (SSSR count). The minimum absolute atomic E-state index is 0.766. The minimum Gasteiger partial charge on any atom is -0.377 e. The van der Waals surface area contributed by atoms with E-state index < -0.39 is 8.80 Å². The van der Waals surface area contributed by atoms with Crippen LogP contribution in [0.1, 0.15) is 12.0 Å². The number of benzene rings is 1. The highest BCUT2D eigenvalue weighted by atomic mass is 28.4. The van der Waals surface area contributed by atoms with Gasteiger partial charge in [-0.3, -0.25) is 0 Å². The van der Waals surface area contributed by atoms with Gasteiger partial charge in [-0.25, -0.2) is 0 Å². The van der Waals surface area contributed by atoms with Gasteiger partial charge < -0.3 is 13.3 Å². The molecule has 0 heterocycles. The van der Waals surface area contributed by atoms with E-state index in [9.17, 15) is 0 Å². The number of allylic oxidation sites excluding steroid dienone is 1. The lowest BCUT2D eigenvalue weighted by Crippen LogP contribution is -2.42. The van der Waals surface area contributed by atoms with E-state index in [1.165, 1.54) is 11.1 Å². The van der Waals surface area contributed by atoms with Crippen molar-refractivity contribution in [3.63, 3.8) is 0 Å². The van der Waals surface area contributed by atoms with Crippen LogP contribution in [0, 0.1) is 0 Å². The Morgan fingerprint density at radius 1 is 1.06 bits per heavy atom. The second-order valence-corrected chi connectivity index (χ2v) is 7.30. The maximum absolute atomic E-state index is 5.39. The third-order valence-corrected chi connectivity index (χ3v) is 5.74. The van der Waals surface area contributed by atoms with Crippen LogP contribution in [0.5, 0.6) is 0 Å². The largest absolute Gasteiger partial charge is 0.500 e. The molecule has 100 valence electrons. The summed E-state index contributed by atoms with van der Waals surface area (Å²) in [5.74, 6) is 0. The molecule has 0 atom stereocenters. The van der Waals surface area contributed by atoms with E-state index in [0.29, 0.717) is 0 Å². The predicted octanol–water partition coefficient (Wildman–Crippen LogP) is 3.05. The summed E-state index contributed by atoms with van der Waals surface area (Å²) in [6.07, 6.45) is 1.75. The van der Waals surface area contributed by atoms with Gasteiger partial charge in [0.05, 0.1) is 0 Å². The summed E-state index contributed by atoms with van der Waals surface area (Å²) in [4.78, 5) is 0. The van der Waals surface area contributed by atoms with Crippen molar-refractivity contribution in [3.8, 4) is 0 Å². The van der Waals surface area contributed by atoms with Crippen LogP contribution in [0.15, 0.2) is 42.5 Å². The maximum atomic E-state index is 5.39. The zero-order valence-electron chi connectivity index (χ0n) is 11.4. The monoisotopic (exact) mass is 266 g/mol. The van der Waals surface area contributed by atoms with Crippen LogP contribution < -0.4 is 0 Å². The molecule has 0 aromatic heterocycles. The van der Waals surface area contributed by atoms with Gasteiger partial charge in [0.1, 0.15) is 0 Å². The molecule has 4 heteroatoms. The first-order valence-electron chi connectivity index (χ1n) is 6.02. The van der Waals surface area contributed by atoms with Crippen LogP contribution >= 0.6 is 0 Å². The van der Waals surface area contributed by atoms with E-state index in [1.54, 1.807) is 21.3 Å². The summed E-state index contributed by atoms with van der Waals surface area (Å²) in [5, 5.41) is 0. The molecule has 0 saturated heterocycles. The Labute approximate surface area is 111 Å². The van der Waals surface area contributed by atoms with Gasteiger partial charge in [-0.1, -0.05) is 42.5 Å². The van der Waals surface area contributed by atoms with Crippen molar-refractivity contribution >= 4 is 8.80 Å². The van der Waals surface area contributed by atoms with E-state index >= 15 is 0 Å². The molecule has 0 radical (unpaired) electrons. The summed E-state index contributed by atoms with van der Waals surface area (Å²) < 4.78 is 16.2. The third kappa shape index (κ3) is 4.38. The van der Waals surface area contributed by atoms with E-state index in [4.69, 9.17) is 13.3 Å². The van der Waals surface area contributed by atoms with E-state index in [-0.39, 0.29) is 0 Å². The lowest BCUT2D eigenvalue weighted by molar-refractivity contribution is 0.123. The Balaban J connectivity index is 2.46. The molecular formula is C14H22O3Si. The molecule has 0 spiro atoms. The molecule has 0 aliphatic carbocycles. The Hall–Kier alpha value is -0.943. The zero-order chi connectivity index (χ0) is 13.4. The van der Waals surface area contributed by atoms with Gasteiger partial charge in [0.15, 0.2) is 0 Å². The summed E-state index contributed by atoms with van der Waals surface area (Å²) in [5.41, 5.74) is 2.45. The summed E-state index contributed by atoms with van der Waals surface area (Å²) >= 11 is 0. The van der Waals surface area contributed by atoms with Crippen molar-refractivity contribution in [1.82, 2.24) is 0 Å². The highest BCUT2D eigenvalue weighted by molar-refractivity contribution is 6.60. The Morgan fingerprint density at radius 2 is 1.61 bits per heavy atom. The number of hydrogen-bond donors (Lipinski definition) is 0. The SMILES string of the molecule is C=C(CC[Si](OC)(OC)OC)Cc1ccccc1. The van der Waals surface area contributed by atoms with Gasteiger partial charge in [-0.05, 0) is 18.4 Å². The molecule has 18 heavy (non-hydrogen) atoms. The first kappa shape index (κ1) is 15.1. The van der Waals surface area contributed by atoms with Crippen LogP contribution in [-0.4, -0.2) is 30.1 Å². The van der Waals surface area contributed by atoms with Crippen molar-refractivity contribution < 1.29 is 13.3 Å². The highest BCUT2D eigenvalue weighted by Crippen LogP contribution is 2.20. The summed E-state index contributed by atoms with van der Waals surface area (Å²) in [7, 11) is 2.46. The van der Waals surface area contributed by atoms with Crippen LogP contribution in [0.3, 0.4) is 0 Å². The summed E-state index contributed by atoms with van der Waals surface area (Å²) in [6.45, 7) is 4.11. The Kier molecular flexibility index (Phi) is 6.28. The second kappa shape index (κ2) is 7.48. The molecular weight excluding hydrogens is 244 g/mol. The molecule has 1 aromatic carbocycles. The highest BCUT2D eigenvalue weighted by Gasteiger charge is 2.37. The third-order valence-electron chi connectivity index (χ3n) is 3.01. The van der Waals surface area contributed by atoms with Gasteiger partial charge in [-0.2, -0.15) is 0 Å². The molecule has 0 fully saturated rings. The number of hydrogen-bond acceptors (Lipinski definition) is 3. The molecule has 0 aliphatic rings. The smallest absolute Gasteiger partial charge is 0.377 e. The van der Waals surface area contributed by atoms with Crippen LogP contribution in [0.2, 0.25) is 6.04 Å². The summed E-state index contributed by atoms with van der Waals surface area (Å²) in [6, 6.07) is 11.1. The second-order valence-electron chi connectivity index (χ2n) is 4.21. The van der Waals surface area contributed by atoms with Gasteiger partial charge in [0.25, 0.3) is 0 Å². The van der Waals surface area contributed by atoms with Crippen LogP contribution in [0.4, 0.5) is 0 Å². The first-order valence-corrected chi connectivity index (χ1v) is 7.95. The lowest BCUT2D eigenvalue weighted by atomic mass is 10.1. The van der Waals surface area contributed by atoms with E-state index in [0.717, 1.165) is 18.9 Å². The van der Waals surface area contributed by atoms with Gasteiger partial charge >= 0.3 is 8.80 Å². The molecule has 0 bridgehead atoms. The average molecular weight is 266 g/mol. The lowest BCUT2D eigenvalue weighted by Gasteiger charge is -2.24. The molecule has 3 nitrogen and oxygen atoms in total. The Morgan fingerprint density at radius 3 is 2.11 bits per heavy atom. The van der Waals surface area contributed by atoms with E-state index in [2.05, 4.69) is 18.7 Å². The molecule has 1 aromatic rings. The molecule has 0 unspecified atom stereocenters. The Bertz CT molecular complexity index is 352. The van der Waals surface area contributed by atoms with Crippen LogP contribution in [0.25, 0.3) is 0 Å². The number of rotatable bonds is 8.